The van der Waals surface area contributed by atoms with Gasteiger partial charge in [-0.15, -0.1) is 12.4 Å². The van der Waals surface area contributed by atoms with Crippen molar-refractivity contribution in [2.45, 2.75) is 31.3 Å². The van der Waals surface area contributed by atoms with Crippen molar-refractivity contribution in [3.8, 4) is 0 Å². The summed E-state index contributed by atoms with van der Waals surface area (Å²) in [5.41, 5.74) is 0. The molecule has 2 heterocycles. The number of amides is 1. The Labute approximate surface area is 72.3 Å². The molecular formula is C7H13ClN2O. The first-order valence-corrected chi connectivity index (χ1v) is 3.90. The van der Waals surface area contributed by atoms with E-state index in [1.807, 2.05) is 0 Å². The van der Waals surface area contributed by atoms with Crippen LogP contribution in [0.25, 0.3) is 0 Å². The van der Waals surface area contributed by atoms with Gasteiger partial charge in [-0.25, -0.2) is 0 Å². The lowest BCUT2D eigenvalue weighted by Gasteiger charge is -2.35. The molecule has 2 rings (SSSR count). The summed E-state index contributed by atoms with van der Waals surface area (Å²) in [7, 11) is 0. The van der Waals surface area contributed by atoms with Crippen LogP contribution in [0.5, 0.6) is 0 Å². The fraction of sp³-hybridized carbons (Fsp3) is 0.857. The van der Waals surface area contributed by atoms with E-state index in [2.05, 4.69) is 10.6 Å². The maximum absolute atomic E-state index is 11.0. The number of hydrogen-bond donors (Lipinski definition) is 2. The Morgan fingerprint density at radius 1 is 1.36 bits per heavy atom. The Hall–Kier alpha value is -0.280. The molecule has 3 nitrogen and oxygen atoms in total. The number of carbonyl (C=O) groups is 1. The third-order valence-corrected chi connectivity index (χ3v) is 2.32. The van der Waals surface area contributed by atoms with E-state index < -0.39 is 0 Å². The molecule has 64 valence electrons. The van der Waals surface area contributed by atoms with Crippen LogP contribution in [0.2, 0.25) is 0 Å². The Morgan fingerprint density at radius 3 is 2.91 bits per heavy atom. The predicted octanol–water partition coefficient (Wildman–Crippen LogP) is 0.0487. The highest BCUT2D eigenvalue weighted by molar-refractivity contribution is 5.85. The molecule has 2 atom stereocenters. The van der Waals surface area contributed by atoms with Gasteiger partial charge >= 0.3 is 0 Å². The molecule has 0 aromatic carbocycles. The molecule has 2 fully saturated rings. The quantitative estimate of drug-likeness (QED) is 0.548. The first kappa shape index (κ1) is 8.81. The van der Waals surface area contributed by atoms with Crippen LogP contribution in [-0.2, 0) is 4.79 Å². The number of halogens is 1. The number of piperazine rings is 1. The molecule has 0 aromatic rings. The van der Waals surface area contributed by atoms with Crippen LogP contribution in [0.1, 0.15) is 19.3 Å². The van der Waals surface area contributed by atoms with Crippen molar-refractivity contribution in [3.05, 3.63) is 0 Å². The largest absolute Gasteiger partial charge is 0.353 e. The van der Waals surface area contributed by atoms with Gasteiger partial charge in [-0.2, -0.15) is 0 Å². The molecule has 2 aliphatic heterocycles. The number of piperidine rings is 1. The lowest BCUT2D eigenvalue weighted by molar-refractivity contribution is -0.126. The van der Waals surface area contributed by atoms with E-state index in [0.717, 1.165) is 13.0 Å². The topological polar surface area (TPSA) is 41.1 Å². The molecule has 2 bridgehead atoms. The summed E-state index contributed by atoms with van der Waals surface area (Å²) in [5, 5.41) is 6.17. The second kappa shape index (κ2) is 3.41. The third kappa shape index (κ3) is 1.65. The Bertz CT molecular complexity index is 163. The number of fused-ring (bicyclic) bond motifs is 2. The molecular weight excluding hydrogens is 164 g/mol. The molecule has 0 radical (unpaired) electrons. The number of rotatable bonds is 0. The summed E-state index contributed by atoms with van der Waals surface area (Å²) in [6.07, 6.45) is 3.44. The van der Waals surface area contributed by atoms with Crippen molar-refractivity contribution in [1.82, 2.24) is 10.6 Å². The molecule has 0 aromatic heterocycles. The monoisotopic (exact) mass is 176 g/mol. The highest BCUT2D eigenvalue weighted by Crippen LogP contribution is 2.15. The van der Waals surface area contributed by atoms with Crippen molar-refractivity contribution in [1.29, 1.82) is 0 Å². The normalized spacial score (nSPS) is 35.5. The van der Waals surface area contributed by atoms with Crippen molar-refractivity contribution < 1.29 is 4.79 Å². The maximum atomic E-state index is 11.0. The summed E-state index contributed by atoms with van der Waals surface area (Å²) in [5.74, 6) is 0.191. The van der Waals surface area contributed by atoms with E-state index in [-0.39, 0.29) is 24.4 Å². The zero-order chi connectivity index (χ0) is 6.97. The average molecular weight is 177 g/mol. The van der Waals surface area contributed by atoms with Gasteiger partial charge in [0.25, 0.3) is 0 Å². The van der Waals surface area contributed by atoms with Gasteiger partial charge in [0.15, 0.2) is 0 Å². The standard InChI is InChI=1S/C7H12N2O.ClH/c10-7-6-3-1-2-5(9-6)4-8-7;/h5-6,9H,1-4H2,(H,8,10);1H. The first-order chi connectivity index (χ1) is 4.86. The Kier molecular flexibility index (Phi) is 2.73. The molecule has 0 aliphatic carbocycles. The molecule has 2 aliphatic rings. The number of hydrogen-bond acceptors (Lipinski definition) is 2. The van der Waals surface area contributed by atoms with E-state index in [4.69, 9.17) is 0 Å². The van der Waals surface area contributed by atoms with E-state index in [1.165, 1.54) is 12.8 Å². The molecule has 2 saturated heterocycles. The van der Waals surface area contributed by atoms with Crippen LogP contribution in [0.3, 0.4) is 0 Å². The fourth-order valence-corrected chi connectivity index (χ4v) is 1.73. The van der Waals surface area contributed by atoms with Gasteiger partial charge in [0.05, 0.1) is 6.04 Å². The van der Waals surface area contributed by atoms with E-state index in [1.54, 1.807) is 0 Å². The lowest BCUT2D eigenvalue weighted by atomic mass is 9.95. The summed E-state index contributed by atoms with van der Waals surface area (Å²) < 4.78 is 0. The summed E-state index contributed by atoms with van der Waals surface area (Å²) in [4.78, 5) is 11.0. The minimum atomic E-state index is 0. The van der Waals surface area contributed by atoms with Crippen molar-refractivity contribution >= 4 is 18.3 Å². The SMILES string of the molecule is Cl.O=C1NCC2CCCC1N2. The maximum Gasteiger partial charge on any atom is 0.237 e. The van der Waals surface area contributed by atoms with Gasteiger partial charge in [0.1, 0.15) is 0 Å². The molecule has 11 heavy (non-hydrogen) atoms. The fourth-order valence-electron chi connectivity index (χ4n) is 1.73. The van der Waals surface area contributed by atoms with Gasteiger partial charge < -0.3 is 10.6 Å². The van der Waals surface area contributed by atoms with Crippen LogP contribution < -0.4 is 10.6 Å². The molecule has 2 unspecified atom stereocenters. The summed E-state index contributed by atoms with van der Waals surface area (Å²) in [6, 6.07) is 0.670. The average Bonchev–Trinajstić information content (AvgIpc) is 1.99. The van der Waals surface area contributed by atoms with Gasteiger partial charge in [-0.3, -0.25) is 4.79 Å². The van der Waals surface area contributed by atoms with Crippen molar-refractivity contribution in [3.63, 3.8) is 0 Å². The lowest BCUT2D eigenvalue weighted by Crippen LogP contribution is -2.60. The minimum absolute atomic E-state index is 0. The highest BCUT2D eigenvalue weighted by Gasteiger charge is 2.30. The van der Waals surface area contributed by atoms with E-state index in [9.17, 15) is 4.79 Å². The second-order valence-electron chi connectivity index (χ2n) is 3.09. The highest BCUT2D eigenvalue weighted by atomic mass is 35.5. The third-order valence-electron chi connectivity index (χ3n) is 2.32. The molecule has 0 saturated carbocycles. The van der Waals surface area contributed by atoms with E-state index in [0.29, 0.717) is 6.04 Å². The smallest absolute Gasteiger partial charge is 0.237 e. The second-order valence-corrected chi connectivity index (χ2v) is 3.09. The predicted molar refractivity (Wildman–Crippen MR) is 44.8 cm³/mol. The zero-order valence-electron chi connectivity index (χ0n) is 6.30. The van der Waals surface area contributed by atoms with Crippen molar-refractivity contribution in [2.24, 2.45) is 0 Å². The Balaban J connectivity index is 0.000000605. The van der Waals surface area contributed by atoms with Crippen molar-refractivity contribution in [2.75, 3.05) is 6.54 Å². The van der Waals surface area contributed by atoms with Crippen LogP contribution in [-0.4, -0.2) is 24.5 Å². The Morgan fingerprint density at radius 2 is 2.18 bits per heavy atom. The molecule has 4 heteroatoms. The number of nitrogens with one attached hydrogen (secondary N) is 2. The van der Waals surface area contributed by atoms with Crippen LogP contribution in [0.15, 0.2) is 0 Å². The van der Waals surface area contributed by atoms with Crippen LogP contribution in [0, 0.1) is 0 Å². The zero-order valence-corrected chi connectivity index (χ0v) is 7.12. The number of carbonyl (C=O) groups excluding carboxylic acids is 1. The molecule has 2 N–H and O–H groups in total. The first-order valence-electron chi connectivity index (χ1n) is 3.90. The minimum Gasteiger partial charge on any atom is -0.353 e. The van der Waals surface area contributed by atoms with Crippen LogP contribution >= 0.6 is 12.4 Å². The van der Waals surface area contributed by atoms with Gasteiger partial charge in [-0.1, -0.05) is 0 Å². The van der Waals surface area contributed by atoms with E-state index >= 15 is 0 Å². The van der Waals surface area contributed by atoms with Gasteiger partial charge in [0.2, 0.25) is 5.91 Å². The van der Waals surface area contributed by atoms with Gasteiger partial charge in [-0.05, 0) is 19.3 Å². The summed E-state index contributed by atoms with van der Waals surface area (Å²) >= 11 is 0. The van der Waals surface area contributed by atoms with Gasteiger partial charge in [0, 0.05) is 12.6 Å². The molecule has 0 spiro atoms. The van der Waals surface area contributed by atoms with Crippen LogP contribution in [0.4, 0.5) is 0 Å². The summed E-state index contributed by atoms with van der Waals surface area (Å²) in [6.45, 7) is 0.829. The molecule has 1 amide bonds.